The number of allylic oxidation sites excluding steroid dienone is 3. The molecule has 3 heteroatoms. The van der Waals surface area contributed by atoms with Crippen LogP contribution in [-0.4, -0.2) is 24.3 Å². The van der Waals surface area contributed by atoms with Crippen LogP contribution in [0.5, 0.6) is 0 Å². The van der Waals surface area contributed by atoms with Crippen molar-refractivity contribution in [3.05, 3.63) is 53.1 Å². The number of aromatic carboxylic acids is 1. The molecule has 0 amide bonds. The monoisotopic (exact) mass is 288 g/mol. The van der Waals surface area contributed by atoms with E-state index in [2.05, 4.69) is 6.92 Å². The van der Waals surface area contributed by atoms with Crippen molar-refractivity contribution in [2.75, 3.05) is 13.2 Å². The smallest absolute Gasteiger partial charge is 0.335 e. The van der Waals surface area contributed by atoms with E-state index in [0.717, 1.165) is 29.7 Å². The van der Waals surface area contributed by atoms with Gasteiger partial charge < -0.3 is 9.84 Å². The lowest BCUT2D eigenvalue weighted by Crippen LogP contribution is -2.02. The average molecular weight is 288 g/mol. The summed E-state index contributed by atoms with van der Waals surface area (Å²) in [5, 5.41) is 9.16. The Balaban J connectivity index is 2.89. The molecule has 0 saturated heterocycles. The first-order valence-corrected chi connectivity index (χ1v) is 7.41. The number of hydrogen-bond acceptors (Lipinski definition) is 2. The number of benzene rings is 1. The number of ether oxygens (including phenoxy) is 1. The highest BCUT2D eigenvalue weighted by Crippen LogP contribution is 2.21. The Morgan fingerprint density at radius 3 is 2.67 bits per heavy atom. The molecule has 0 aliphatic carbocycles. The van der Waals surface area contributed by atoms with Crippen molar-refractivity contribution < 1.29 is 14.6 Å². The highest BCUT2D eigenvalue weighted by Gasteiger charge is 2.09. The molecule has 0 heterocycles. The van der Waals surface area contributed by atoms with Gasteiger partial charge in [0, 0.05) is 6.61 Å². The first-order chi connectivity index (χ1) is 10.1. The maximum absolute atomic E-state index is 11.2. The summed E-state index contributed by atoms with van der Waals surface area (Å²) >= 11 is 0. The molecule has 1 N–H and O–H groups in total. The minimum absolute atomic E-state index is 0.381. The zero-order valence-electron chi connectivity index (χ0n) is 13.1. The normalized spacial score (nSPS) is 12.0. The van der Waals surface area contributed by atoms with Gasteiger partial charge in [-0.25, -0.2) is 4.79 Å². The molecule has 0 spiro atoms. The molecule has 0 saturated carbocycles. The van der Waals surface area contributed by atoms with Gasteiger partial charge in [-0.15, -0.1) is 0 Å². The van der Waals surface area contributed by atoms with Gasteiger partial charge in [0.15, 0.2) is 0 Å². The summed E-state index contributed by atoms with van der Waals surface area (Å²) in [6.07, 6.45) is 7.74. The zero-order chi connectivity index (χ0) is 15.7. The van der Waals surface area contributed by atoms with E-state index in [4.69, 9.17) is 9.84 Å². The largest absolute Gasteiger partial charge is 0.478 e. The Labute approximate surface area is 127 Å². The molecule has 0 fully saturated rings. The molecule has 0 aromatic heterocycles. The van der Waals surface area contributed by atoms with Crippen molar-refractivity contribution in [1.82, 2.24) is 0 Å². The SMILES string of the molecule is C/C=C(\C=C/COCCC)c1ccc(C(=O)O)c(CC)c1. The summed E-state index contributed by atoms with van der Waals surface area (Å²) in [4.78, 5) is 11.2. The van der Waals surface area contributed by atoms with Crippen molar-refractivity contribution in [2.24, 2.45) is 0 Å². The molecule has 114 valence electrons. The van der Waals surface area contributed by atoms with Crippen molar-refractivity contribution in [3.63, 3.8) is 0 Å². The molecule has 0 atom stereocenters. The van der Waals surface area contributed by atoms with Gasteiger partial charge in [-0.1, -0.05) is 44.2 Å². The van der Waals surface area contributed by atoms with Gasteiger partial charge in [0.2, 0.25) is 0 Å². The standard InChI is InChI=1S/C18H24O3/c1-4-11-21-12-7-8-14(5-2)16-9-10-17(18(19)20)15(6-3)13-16/h5,7-10,13H,4,6,11-12H2,1-3H3,(H,19,20)/b8-7-,14-5+. The van der Waals surface area contributed by atoms with E-state index in [1.54, 1.807) is 6.07 Å². The molecule has 0 aliphatic heterocycles. The van der Waals surface area contributed by atoms with Crippen LogP contribution < -0.4 is 0 Å². The molecule has 1 aromatic carbocycles. The van der Waals surface area contributed by atoms with Crippen LogP contribution in [-0.2, 0) is 11.2 Å². The Hall–Kier alpha value is -1.87. The topological polar surface area (TPSA) is 46.5 Å². The second-order valence-electron chi connectivity index (χ2n) is 4.75. The predicted molar refractivity (Wildman–Crippen MR) is 86.7 cm³/mol. The summed E-state index contributed by atoms with van der Waals surface area (Å²) in [5.41, 5.74) is 3.34. The average Bonchev–Trinajstić information content (AvgIpc) is 2.50. The van der Waals surface area contributed by atoms with Crippen LogP contribution in [0, 0.1) is 0 Å². The molecule has 0 unspecified atom stereocenters. The third-order valence-corrected chi connectivity index (χ3v) is 3.22. The Bertz CT molecular complexity index is 527. The molecule has 0 aliphatic rings. The van der Waals surface area contributed by atoms with E-state index < -0.39 is 5.97 Å². The van der Waals surface area contributed by atoms with E-state index in [1.807, 2.05) is 44.2 Å². The third-order valence-electron chi connectivity index (χ3n) is 3.22. The number of rotatable bonds is 8. The molecule has 0 bridgehead atoms. The zero-order valence-corrected chi connectivity index (χ0v) is 13.1. The lowest BCUT2D eigenvalue weighted by atomic mass is 9.97. The number of carboxylic acids is 1. The van der Waals surface area contributed by atoms with Crippen molar-refractivity contribution in [1.29, 1.82) is 0 Å². The highest BCUT2D eigenvalue weighted by atomic mass is 16.5. The molecular formula is C18H24O3. The van der Waals surface area contributed by atoms with Crippen molar-refractivity contribution in [3.8, 4) is 0 Å². The van der Waals surface area contributed by atoms with Gasteiger partial charge in [-0.2, -0.15) is 0 Å². The molecule has 1 rings (SSSR count). The lowest BCUT2D eigenvalue weighted by Gasteiger charge is -2.08. The number of aryl methyl sites for hydroxylation is 1. The predicted octanol–water partition coefficient (Wildman–Crippen LogP) is 4.33. The number of carboxylic acid groups (broad SMARTS) is 1. The Kier molecular flexibility index (Phi) is 7.48. The van der Waals surface area contributed by atoms with Gasteiger partial charge in [0.25, 0.3) is 0 Å². The first-order valence-electron chi connectivity index (χ1n) is 7.41. The number of carbonyl (C=O) groups is 1. The second-order valence-corrected chi connectivity index (χ2v) is 4.75. The molecular weight excluding hydrogens is 264 g/mol. The van der Waals surface area contributed by atoms with Crippen LogP contribution in [0.3, 0.4) is 0 Å². The Morgan fingerprint density at radius 2 is 2.10 bits per heavy atom. The molecule has 21 heavy (non-hydrogen) atoms. The van der Waals surface area contributed by atoms with E-state index in [0.29, 0.717) is 18.6 Å². The summed E-state index contributed by atoms with van der Waals surface area (Å²) < 4.78 is 5.42. The quantitative estimate of drug-likeness (QED) is 0.572. The summed E-state index contributed by atoms with van der Waals surface area (Å²) in [6.45, 7) is 7.39. The minimum atomic E-state index is -0.871. The van der Waals surface area contributed by atoms with Crippen LogP contribution in [0.4, 0.5) is 0 Å². The molecule has 1 aromatic rings. The van der Waals surface area contributed by atoms with Crippen LogP contribution in [0.1, 0.15) is 48.7 Å². The maximum Gasteiger partial charge on any atom is 0.335 e. The molecule has 3 nitrogen and oxygen atoms in total. The number of hydrogen-bond donors (Lipinski definition) is 1. The summed E-state index contributed by atoms with van der Waals surface area (Å²) in [6, 6.07) is 5.49. The third kappa shape index (κ3) is 5.20. The van der Waals surface area contributed by atoms with E-state index in [9.17, 15) is 4.79 Å². The lowest BCUT2D eigenvalue weighted by molar-refractivity contribution is 0.0695. The van der Waals surface area contributed by atoms with E-state index >= 15 is 0 Å². The van der Waals surface area contributed by atoms with Crippen LogP contribution >= 0.6 is 0 Å². The Morgan fingerprint density at radius 1 is 1.33 bits per heavy atom. The fourth-order valence-electron chi connectivity index (χ4n) is 2.10. The van der Waals surface area contributed by atoms with Crippen LogP contribution in [0.2, 0.25) is 0 Å². The fraction of sp³-hybridized carbons (Fsp3) is 0.389. The van der Waals surface area contributed by atoms with E-state index in [-0.39, 0.29) is 0 Å². The second kappa shape index (κ2) is 9.14. The fourth-order valence-corrected chi connectivity index (χ4v) is 2.10. The van der Waals surface area contributed by atoms with Gasteiger partial charge in [-0.3, -0.25) is 0 Å². The first kappa shape index (κ1) is 17.2. The van der Waals surface area contributed by atoms with E-state index in [1.165, 1.54) is 0 Å². The van der Waals surface area contributed by atoms with Crippen molar-refractivity contribution >= 4 is 11.5 Å². The van der Waals surface area contributed by atoms with Gasteiger partial charge in [-0.05, 0) is 42.5 Å². The summed E-state index contributed by atoms with van der Waals surface area (Å²) in [5.74, 6) is -0.871. The minimum Gasteiger partial charge on any atom is -0.478 e. The van der Waals surface area contributed by atoms with Gasteiger partial charge in [0.1, 0.15) is 0 Å². The van der Waals surface area contributed by atoms with Gasteiger partial charge in [0.05, 0.1) is 12.2 Å². The maximum atomic E-state index is 11.2. The van der Waals surface area contributed by atoms with Crippen molar-refractivity contribution in [2.45, 2.75) is 33.6 Å². The van der Waals surface area contributed by atoms with Crippen LogP contribution in [0.15, 0.2) is 36.4 Å². The summed E-state index contributed by atoms with van der Waals surface area (Å²) in [7, 11) is 0. The van der Waals surface area contributed by atoms with Crippen LogP contribution in [0.25, 0.3) is 5.57 Å². The molecule has 0 radical (unpaired) electrons. The highest BCUT2D eigenvalue weighted by molar-refractivity contribution is 5.90. The van der Waals surface area contributed by atoms with Gasteiger partial charge >= 0.3 is 5.97 Å².